The van der Waals surface area contributed by atoms with Crippen LogP contribution in [-0.2, 0) is 38.0 Å². The smallest absolute Gasteiger partial charge is 0.309 e. The zero-order chi connectivity index (χ0) is 20.5. The third-order valence-electron chi connectivity index (χ3n) is 4.47. The summed E-state index contributed by atoms with van der Waals surface area (Å²) < 4.78 is 31.6. The lowest BCUT2D eigenvalue weighted by Crippen LogP contribution is -2.35. The number of carbonyl (C=O) groups is 2. The molecule has 0 aromatic rings. The van der Waals surface area contributed by atoms with Crippen molar-refractivity contribution in [2.75, 3.05) is 66.1 Å². The van der Waals surface area contributed by atoms with Crippen molar-refractivity contribution in [2.24, 2.45) is 11.8 Å². The molecule has 0 spiro atoms. The van der Waals surface area contributed by atoms with Crippen LogP contribution in [0.3, 0.4) is 0 Å². The van der Waals surface area contributed by atoms with E-state index in [4.69, 9.17) is 28.4 Å². The largest absolute Gasteiger partial charge is 0.463 e. The molecule has 0 amide bonds. The third-order valence-corrected chi connectivity index (χ3v) is 4.47. The number of hydrogen-bond acceptors (Lipinski definition) is 8. The lowest BCUT2D eigenvalue weighted by atomic mass is 9.79. The number of ether oxygens (including phenoxy) is 6. The highest BCUT2D eigenvalue weighted by molar-refractivity contribution is 5.82. The first-order valence-electron chi connectivity index (χ1n) is 10.3. The minimum Gasteiger partial charge on any atom is -0.463 e. The van der Waals surface area contributed by atoms with Gasteiger partial charge in [0.25, 0.3) is 0 Å². The predicted molar refractivity (Wildman–Crippen MR) is 102 cm³/mol. The molecule has 8 nitrogen and oxygen atoms in total. The van der Waals surface area contributed by atoms with E-state index in [9.17, 15) is 9.59 Å². The predicted octanol–water partition coefficient (Wildman–Crippen LogP) is 1.99. The molecule has 0 N–H and O–H groups in total. The molecule has 8 heteroatoms. The van der Waals surface area contributed by atoms with Crippen molar-refractivity contribution < 1.29 is 38.0 Å². The van der Waals surface area contributed by atoms with Gasteiger partial charge in [0.1, 0.15) is 13.2 Å². The summed E-state index contributed by atoms with van der Waals surface area (Å²) in [4.78, 5) is 24.8. The Hall–Kier alpha value is -1.22. The average molecular weight is 405 g/mol. The molecule has 1 fully saturated rings. The molecule has 0 aromatic carbocycles. The Bertz CT molecular complexity index is 377. The third kappa shape index (κ3) is 10.9. The van der Waals surface area contributed by atoms with Crippen LogP contribution in [0, 0.1) is 11.8 Å². The van der Waals surface area contributed by atoms with Gasteiger partial charge in [-0.15, -0.1) is 0 Å². The van der Waals surface area contributed by atoms with Crippen LogP contribution in [0.2, 0.25) is 0 Å². The average Bonchev–Trinajstić information content (AvgIpc) is 2.72. The Morgan fingerprint density at radius 3 is 1.36 bits per heavy atom. The van der Waals surface area contributed by atoms with Crippen LogP contribution in [0.15, 0.2) is 0 Å². The van der Waals surface area contributed by atoms with Crippen molar-refractivity contribution in [3.05, 3.63) is 0 Å². The molecule has 0 bridgehead atoms. The van der Waals surface area contributed by atoms with E-state index < -0.39 is 11.8 Å². The molecular formula is C20H36O8. The highest BCUT2D eigenvalue weighted by Crippen LogP contribution is 2.32. The van der Waals surface area contributed by atoms with Gasteiger partial charge in [-0.25, -0.2) is 0 Å². The second-order valence-corrected chi connectivity index (χ2v) is 6.45. The zero-order valence-electron chi connectivity index (χ0n) is 17.3. The SMILES string of the molecule is CCOCCOCCOC(=O)C1CCCCC1C(=O)OCCOCCOCC. The Balaban J connectivity index is 2.23. The molecule has 0 radical (unpaired) electrons. The normalized spacial score (nSPS) is 19.4. The highest BCUT2D eigenvalue weighted by Gasteiger charge is 2.37. The number of esters is 2. The fraction of sp³-hybridized carbons (Fsp3) is 0.900. The van der Waals surface area contributed by atoms with Crippen molar-refractivity contribution in [3.8, 4) is 0 Å². The van der Waals surface area contributed by atoms with Gasteiger partial charge in [0, 0.05) is 13.2 Å². The van der Waals surface area contributed by atoms with Crippen molar-refractivity contribution in [1.82, 2.24) is 0 Å². The Labute approximate surface area is 168 Å². The van der Waals surface area contributed by atoms with E-state index in [-0.39, 0.29) is 25.2 Å². The number of carbonyl (C=O) groups excluding carboxylic acids is 2. The summed E-state index contributed by atoms with van der Waals surface area (Å²) in [5, 5.41) is 0. The van der Waals surface area contributed by atoms with Gasteiger partial charge >= 0.3 is 11.9 Å². The van der Waals surface area contributed by atoms with Gasteiger partial charge in [0.2, 0.25) is 0 Å². The second-order valence-electron chi connectivity index (χ2n) is 6.45. The van der Waals surface area contributed by atoms with Crippen LogP contribution in [-0.4, -0.2) is 78.0 Å². The fourth-order valence-electron chi connectivity index (χ4n) is 3.04. The lowest BCUT2D eigenvalue weighted by Gasteiger charge is -2.28. The summed E-state index contributed by atoms with van der Waals surface area (Å²) >= 11 is 0. The lowest BCUT2D eigenvalue weighted by molar-refractivity contribution is -0.164. The van der Waals surface area contributed by atoms with E-state index >= 15 is 0 Å². The molecule has 2 unspecified atom stereocenters. The van der Waals surface area contributed by atoms with E-state index in [2.05, 4.69) is 0 Å². The van der Waals surface area contributed by atoms with E-state index in [1.807, 2.05) is 13.8 Å². The van der Waals surface area contributed by atoms with Crippen molar-refractivity contribution in [1.29, 1.82) is 0 Å². The Kier molecular flexibility index (Phi) is 14.8. The van der Waals surface area contributed by atoms with Gasteiger partial charge in [-0.1, -0.05) is 12.8 Å². The van der Waals surface area contributed by atoms with Crippen molar-refractivity contribution in [2.45, 2.75) is 39.5 Å². The van der Waals surface area contributed by atoms with Gasteiger partial charge in [0.15, 0.2) is 0 Å². The quantitative estimate of drug-likeness (QED) is 0.285. The minimum absolute atomic E-state index is 0.177. The molecule has 0 aliphatic heterocycles. The van der Waals surface area contributed by atoms with Crippen LogP contribution in [0.5, 0.6) is 0 Å². The number of rotatable bonds is 16. The Morgan fingerprint density at radius 2 is 0.964 bits per heavy atom. The molecule has 164 valence electrons. The van der Waals surface area contributed by atoms with E-state index in [1.54, 1.807) is 0 Å². The van der Waals surface area contributed by atoms with Gasteiger partial charge in [-0.05, 0) is 26.7 Å². The van der Waals surface area contributed by atoms with Crippen LogP contribution in [0.4, 0.5) is 0 Å². The zero-order valence-corrected chi connectivity index (χ0v) is 17.3. The van der Waals surface area contributed by atoms with Crippen molar-refractivity contribution in [3.63, 3.8) is 0 Å². The summed E-state index contributed by atoms with van der Waals surface area (Å²) in [7, 11) is 0. The molecule has 2 atom stereocenters. The molecule has 0 aromatic heterocycles. The van der Waals surface area contributed by atoms with E-state index in [0.29, 0.717) is 65.7 Å². The molecular weight excluding hydrogens is 368 g/mol. The summed E-state index contributed by atoms with van der Waals surface area (Å²) in [5.41, 5.74) is 0. The standard InChI is InChI=1S/C20H36O8/c1-3-23-9-11-25-13-15-27-19(21)17-7-5-6-8-18(17)20(22)28-16-14-26-12-10-24-4-2/h17-18H,3-16H2,1-2H3. The molecule has 1 rings (SSSR count). The van der Waals surface area contributed by atoms with Crippen LogP contribution in [0.25, 0.3) is 0 Å². The minimum atomic E-state index is -0.441. The van der Waals surface area contributed by atoms with E-state index in [1.165, 1.54) is 0 Å². The fourth-order valence-corrected chi connectivity index (χ4v) is 3.04. The first-order valence-corrected chi connectivity index (χ1v) is 10.3. The van der Waals surface area contributed by atoms with Gasteiger partial charge < -0.3 is 28.4 Å². The Morgan fingerprint density at radius 1 is 0.607 bits per heavy atom. The first kappa shape index (κ1) is 24.8. The monoisotopic (exact) mass is 404 g/mol. The molecule has 1 aliphatic carbocycles. The molecule has 1 aliphatic rings. The molecule has 1 saturated carbocycles. The summed E-state index contributed by atoms with van der Waals surface area (Å²) in [5.74, 6) is -1.57. The van der Waals surface area contributed by atoms with Crippen LogP contribution >= 0.6 is 0 Å². The second kappa shape index (κ2) is 16.7. The van der Waals surface area contributed by atoms with Gasteiger partial charge in [-0.2, -0.15) is 0 Å². The van der Waals surface area contributed by atoms with Crippen molar-refractivity contribution >= 4 is 11.9 Å². The van der Waals surface area contributed by atoms with Gasteiger partial charge in [0.05, 0.1) is 51.5 Å². The van der Waals surface area contributed by atoms with Crippen LogP contribution < -0.4 is 0 Å². The highest BCUT2D eigenvalue weighted by atomic mass is 16.6. The van der Waals surface area contributed by atoms with E-state index in [0.717, 1.165) is 12.8 Å². The summed E-state index contributed by atoms with van der Waals surface area (Å²) in [6.07, 6.45) is 3.12. The number of hydrogen-bond donors (Lipinski definition) is 0. The maximum absolute atomic E-state index is 12.4. The molecule has 0 saturated heterocycles. The topological polar surface area (TPSA) is 89.5 Å². The molecule has 0 heterocycles. The molecule has 28 heavy (non-hydrogen) atoms. The van der Waals surface area contributed by atoms with Gasteiger partial charge in [-0.3, -0.25) is 9.59 Å². The first-order chi connectivity index (χ1) is 13.7. The summed E-state index contributed by atoms with van der Waals surface area (Å²) in [6.45, 7) is 8.12. The maximum atomic E-state index is 12.4. The maximum Gasteiger partial charge on any atom is 0.309 e. The summed E-state index contributed by atoms with van der Waals surface area (Å²) in [6, 6.07) is 0. The van der Waals surface area contributed by atoms with Crippen LogP contribution in [0.1, 0.15) is 39.5 Å².